The van der Waals surface area contributed by atoms with E-state index in [0.717, 1.165) is 6.42 Å². The molecule has 4 aliphatic rings. The highest BCUT2D eigenvalue weighted by atomic mass is 19.4. The number of hydrogen-bond acceptors (Lipinski definition) is 5. The molecule has 0 radical (unpaired) electrons. The highest BCUT2D eigenvalue weighted by Crippen LogP contribution is 2.76. The fourth-order valence-electron chi connectivity index (χ4n) is 6.50. The summed E-state index contributed by atoms with van der Waals surface area (Å²) < 4.78 is 50.4. The van der Waals surface area contributed by atoms with Gasteiger partial charge in [0.1, 0.15) is 18.1 Å². The molecule has 1 saturated heterocycles. The number of carbonyl (C=O) groups is 3. The summed E-state index contributed by atoms with van der Waals surface area (Å²) in [6.45, 7) is 10.6. The molecule has 4 rings (SSSR count). The topological polar surface area (TPSA) is 84.9 Å². The molecule has 186 valence electrons. The van der Waals surface area contributed by atoms with Crippen LogP contribution in [0.25, 0.3) is 0 Å². The Kier molecular flexibility index (Phi) is 5.30. The van der Waals surface area contributed by atoms with Crippen molar-refractivity contribution in [3.8, 4) is 0 Å². The quantitative estimate of drug-likeness (QED) is 0.631. The van der Waals surface area contributed by atoms with Crippen LogP contribution in [0.4, 0.5) is 18.0 Å². The van der Waals surface area contributed by atoms with E-state index in [1.165, 1.54) is 4.90 Å². The van der Waals surface area contributed by atoms with E-state index in [4.69, 9.17) is 9.47 Å². The SMILES string of the molecule is CC(C)(C)OC(=O)NC1C2[C@@H]3CC4CN(C(=O)CC(F)(F)F)C3[C@@H](OC(=O)C(C)(C)C)C12C4. The van der Waals surface area contributed by atoms with Crippen molar-refractivity contribution < 1.29 is 37.0 Å². The van der Waals surface area contributed by atoms with Crippen molar-refractivity contribution in [2.45, 2.75) is 90.8 Å². The molecular formula is C23H33F3N2O5. The molecule has 4 fully saturated rings. The number of ether oxygens (including phenoxy) is 2. The minimum Gasteiger partial charge on any atom is -0.459 e. The van der Waals surface area contributed by atoms with Crippen molar-refractivity contribution in [2.24, 2.45) is 28.6 Å². The number of rotatable bonds is 3. The summed E-state index contributed by atoms with van der Waals surface area (Å²) >= 11 is 0. The monoisotopic (exact) mass is 474 g/mol. The highest BCUT2D eigenvalue weighted by Gasteiger charge is 2.84. The van der Waals surface area contributed by atoms with Crippen LogP contribution in [0, 0.1) is 28.6 Å². The van der Waals surface area contributed by atoms with E-state index in [9.17, 15) is 27.6 Å². The second-order valence-corrected chi connectivity index (χ2v) is 12.1. The first-order valence-corrected chi connectivity index (χ1v) is 11.5. The van der Waals surface area contributed by atoms with Crippen LogP contribution in [-0.4, -0.2) is 59.4 Å². The third kappa shape index (κ3) is 4.18. The summed E-state index contributed by atoms with van der Waals surface area (Å²) in [5, 5.41) is 2.93. The van der Waals surface area contributed by atoms with Gasteiger partial charge < -0.3 is 19.7 Å². The third-order valence-electron chi connectivity index (χ3n) is 7.44. The molecule has 0 aromatic rings. The molecule has 7 atom stereocenters. The average Bonchev–Trinajstić information content (AvgIpc) is 3.20. The van der Waals surface area contributed by atoms with Crippen molar-refractivity contribution in [1.29, 1.82) is 0 Å². The zero-order valence-electron chi connectivity index (χ0n) is 19.9. The summed E-state index contributed by atoms with van der Waals surface area (Å²) in [4.78, 5) is 39.3. The van der Waals surface area contributed by atoms with Crippen molar-refractivity contribution in [3.05, 3.63) is 0 Å². The number of hydrogen-bond donors (Lipinski definition) is 1. The first kappa shape index (κ1) is 24.1. The van der Waals surface area contributed by atoms with Crippen LogP contribution in [0.5, 0.6) is 0 Å². The van der Waals surface area contributed by atoms with Gasteiger partial charge in [0.05, 0.1) is 11.5 Å². The van der Waals surface area contributed by atoms with Crippen LogP contribution in [0.15, 0.2) is 0 Å². The Morgan fingerprint density at radius 1 is 1.09 bits per heavy atom. The fraction of sp³-hybridized carbons (Fsp3) is 0.870. The summed E-state index contributed by atoms with van der Waals surface area (Å²) in [6, 6.07) is -0.902. The second-order valence-electron chi connectivity index (χ2n) is 12.1. The maximum absolute atomic E-state index is 13.0. The van der Waals surface area contributed by atoms with Gasteiger partial charge in [-0.15, -0.1) is 0 Å². The lowest BCUT2D eigenvalue weighted by atomic mass is 9.78. The summed E-state index contributed by atoms with van der Waals surface area (Å²) in [6.07, 6.45) is -6.14. The zero-order chi connectivity index (χ0) is 24.7. The van der Waals surface area contributed by atoms with Gasteiger partial charge in [-0.05, 0) is 72.1 Å². The Morgan fingerprint density at radius 3 is 2.27 bits per heavy atom. The number of likely N-dealkylation sites (tertiary alicyclic amines) is 1. The van der Waals surface area contributed by atoms with Gasteiger partial charge in [-0.2, -0.15) is 13.2 Å². The smallest absolute Gasteiger partial charge is 0.407 e. The number of esters is 1. The maximum Gasteiger partial charge on any atom is 0.407 e. The number of amides is 2. The van der Waals surface area contributed by atoms with Gasteiger partial charge in [-0.1, -0.05) is 0 Å². The number of carbonyl (C=O) groups excluding carboxylic acids is 3. The number of alkyl halides is 3. The average molecular weight is 475 g/mol. The van der Waals surface area contributed by atoms with Gasteiger partial charge in [0.15, 0.2) is 0 Å². The van der Waals surface area contributed by atoms with Crippen LogP contribution in [0.3, 0.4) is 0 Å². The van der Waals surface area contributed by atoms with E-state index in [-0.39, 0.29) is 30.3 Å². The number of nitrogens with zero attached hydrogens (tertiary/aromatic N) is 1. The predicted octanol–water partition coefficient (Wildman–Crippen LogP) is 3.66. The molecule has 1 N–H and O–H groups in total. The van der Waals surface area contributed by atoms with Gasteiger partial charge in [-0.25, -0.2) is 4.79 Å². The second kappa shape index (κ2) is 7.25. The standard InChI is InChI=1S/C23H33F3N2O5/c1-20(2,3)18(30)32-17-15-12-7-11(10-28(15)13(29)9-23(24,25)26)8-22(17)14(12)16(22)27-19(31)33-21(4,5)6/h11-12,14-17H,7-10H2,1-6H3,(H,27,31)/t11?,12-,14?,15?,16?,17+,22?/m0/s1. The first-order valence-electron chi connectivity index (χ1n) is 11.5. The van der Waals surface area contributed by atoms with E-state index in [0.29, 0.717) is 6.42 Å². The first-order chi connectivity index (χ1) is 14.9. The number of piperidine rings is 1. The molecule has 0 spiro atoms. The Balaban J connectivity index is 1.63. The molecule has 2 amide bonds. The summed E-state index contributed by atoms with van der Waals surface area (Å²) in [7, 11) is 0. The fourth-order valence-corrected chi connectivity index (χ4v) is 6.50. The van der Waals surface area contributed by atoms with E-state index in [1.807, 2.05) is 0 Å². The molecule has 33 heavy (non-hydrogen) atoms. The maximum atomic E-state index is 13.0. The van der Waals surface area contributed by atoms with Gasteiger partial charge in [-0.3, -0.25) is 9.59 Å². The molecule has 0 aromatic heterocycles. The minimum absolute atomic E-state index is 0.00320. The molecule has 3 bridgehead atoms. The van der Waals surface area contributed by atoms with E-state index in [1.54, 1.807) is 41.5 Å². The third-order valence-corrected chi connectivity index (χ3v) is 7.44. The van der Waals surface area contributed by atoms with E-state index in [2.05, 4.69) is 5.32 Å². The van der Waals surface area contributed by atoms with Crippen LogP contribution < -0.4 is 5.32 Å². The molecule has 3 saturated carbocycles. The van der Waals surface area contributed by atoms with Crippen molar-refractivity contribution in [3.63, 3.8) is 0 Å². The Morgan fingerprint density at radius 2 is 1.73 bits per heavy atom. The molecular weight excluding hydrogens is 441 g/mol. The highest BCUT2D eigenvalue weighted by molar-refractivity contribution is 5.79. The normalized spacial score (nSPS) is 36.8. The largest absolute Gasteiger partial charge is 0.459 e. The Hall–Kier alpha value is -2.00. The predicted molar refractivity (Wildman–Crippen MR) is 111 cm³/mol. The van der Waals surface area contributed by atoms with Gasteiger partial charge in [0, 0.05) is 18.0 Å². The van der Waals surface area contributed by atoms with Crippen LogP contribution in [-0.2, 0) is 19.1 Å². The van der Waals surface area contributed by atoms with Gasteiger partial charge in [0.25, 0.3) is 0 Å². The molecule has 7 nitrogen and oxygen atoms in total. The lowest BCUT2D eigenvalue weighted by Crippen LogP contribution is -2.56. The Labute approximate surface area is 191 Å². The van der Waals surface area contributed by atoms with Gasteiger partial charge >= 0.3 is 18.2 Å². The Bertz CT molecular complexity index is 862. The lowest BCUT2D eigenvalue weighted by Gasteiger charge is -2.43. The van der Waals surface area contributed by atoms with Crippen LogP contribution in [0.1, 0.15) is 60.8 Å². The van der Waals surface area contributed by atoms with Crippen molar-refractivity contribution >= 4 is 18.0 Å². The van der Waals surface area contributed by atoms with Crippen LogP contribution in [0.2, 0.25) is 0 Å². The minimum atomic E-state index is -4.61. The number of fused-ring (bicyclic) bond motifs is 1. The number of nitrogens with one attached hydrogen (secondary N) is 1. The summed E-state index contributed by atoms with van der Waals surface area (Å²) in [5.74, 6) is -1.64. The number of alkyl carbamates (subject to hydrolysis) is 1. The van der Waals surface area contributed by atoms with Crippen LogP contribution >= 0.6 is 0 Å². The lowest BCUT2D eigenvalue weighted by molar-refractivity contribution is -0.175. The molecule has 1 aliphatic heterocycles. The van der Waals surface area contributed by atoms with Crippen molar-refractivity contribution in [1.82, 2.24) is 10.2 Å². The van der Waals surface area contributed by atoms with Gasteiger partial charge in [0.2, 0.25) is 5.91 Å². The number of halogens is 3. The van der Waals surface area contributed by atoms with E-state index < -0.39 is 59.1 Å². The van der Waals surface area contributed by atoms with E-state index >= 15 is 0 Å². The molecule has 1 heterocycles. The summed E-state index contributed by atoms with van der Waals surface area (Å²) in [5.41, 5.74) is -2.08. The molecule has 10 heteroatoms. The molecule has 3 aliphatic carbocycles. The zero-order valence-corrected chi connectivity index (χ0v) is 19.9. The van der Waals surface area contributed by atoms with Crippen molar-refractivity contribution in [2.75, 3.05) is 6.54 Å². The molecule has 5 unspecified atom stereocenters. The molecule has 0 aromatic carbocycles.